The van der Waals surface area contributed by atoms with E-state index in [4.69, 9.17) is 16.3 Å². The molecule has 8 heteroatoms. The van der Waals surface area contributed by atoms with E-state index in [2.05, 4.69) is 11.8 Å². The van der Waals surface area contributed by atoms with Gasteiger partial charge in [0.1, 0.15) is 11.8 Å². The monoisotopic (exact) mass is 435 g/mol. The number of halogens is 1. The van der Waals surface area contributed by atoms with E-state index in [-0.39, 0.29) is 11.4 Å². The third kappa shape index (κ3) is 5.73. The molecule has 1 unspecified atom stereocenters. The number of hydrogen-bond donors (Lipinski definition) is 1. The molecular weight excluding hydrogens is 414 g/mol. The number of sulfonamides is 1. The van der Waals surface area contributed by atoms with Gasteiger partial charge in [0.05, 0.1) is 18.6 Å². The number of ether oxygens (including phenoxy) is 1. The molecule has 0 amide bonds. The minimum absolute atomic E-state index is 0.0292. The molecule has 6 nitrogen and oxygen atoms in total. The summed E-state index contributed by atoms with van der Waals surface area (Å²) in [6, 6.07) is 11.3. The zero-order chi connectivity index (χ0) is 21.6. The largest absolute Gasteiger partial charge is 0.497 e. The van der Waals surface area contributed by atoms with Crippen molar-refractivity contribution in [2.24, 2.45) is 5.92 Å². The molecular formula is C21H22ClNO5S. The zero-order valence-electron chi connectivity index (χ0n) is 16.3. The molecule has 0 aliphatic carbocycles. The summed E-state index contributed by atoms with van der Waals surface area (Å²) in [7, 11) is -2.63. The van der Waals surface area contributed by atoms with E-state index in [1.807, 2.05) is 0 Å². The zero-order valence-corrected chi connectivity index (χ0v) is 17.9. The summed E-state index contributed by atoms with van der Waals surface area (Å²) in [4.78, 5) is 11.8. The predicted octanol–water partition coefficient (Wildman–Crippen LogP) is 3.50. The average molecular weight is 436 g/mol. The van der Waals surface area contributed by atoms with Gasteiger partial charge in [-0.15, -0.1) is 0 Å². The second-order valence-electron chi connectivity index (χ2n) is 6.56. The van der Waals surface area contributed by atoms with Gasteiger partial charge in [-0.25, -0.2) is 8.42 Å². The lowest BCUT2D eigenvalue weighted by atomic mass is 10.1. The fraction of sp³-hybridized carbons (Fsp3) is 0.286. The van der Waals surface area contributed by atoms with E-state index in [0.717, 1.165) is 4.31 Å². The minimum atomic E-state index is -4.10. The molecule has 0 heterocycles. The number of rotatable bonds is 7. The second kappa shape index (κ2) is 9.79. The fourth-order valence-electron chi connectivity index (χ4n) is 2.71. The van der Waals surface area contributed by atoms with Crippen molar-refractivity contribution >= 4 is 27.6 Å². The molecule has 0 fully saturated rings. The van der Waals surface area contributed by atoms with Crippen LogP contribution in [0.15, 0.2) is 53.4 Å². The van der Waals surface area contributed by atoms with E-state index in [0.29, 0.717) is 16.3 Å². The van der Waals surface area contributed by atoms with Crippen LogP contribution in [-0.4, -0.2) is 43.5 Å². The van der Waals surface area contributed by atoms with Gasteiger partial charge in [0.15, 0.2) is 0 Å². The topological polar surface area (TPSA) is 83.9 Å². The minimum Gasteiger partial charge on any atom is -0.497 e. The first-order chi connectivity index (χ1) is 13.7. The Balaban J connectivity index is 2.43. The standard InChI is InChI=1S/C21H22ClNO5S/c1-15(2)20(21(24)25)23(14-4-5-16-6-8-17(22)9-7-16)29(26,27)19-12-10-18(28-3)11-13-19/h6-13,15,20H,14H2,1-3H3,(H,24,25). The van der Waals surface area contributed by atoms with Crippen molar-refractivity contribution in [3.8, 4) is 17.6 Å². The number of nitrogens with zero attached hydrogens (tertiary/aromatic N) is 1. The van der Waals surface area contributed by atoms with E-state index >= 15 is 0 Å². The first-order valence-corrected chi connectivity index (χ1v) is 10.6. The summed E-state index contributed by atoms with van der Waals surface area (Å²) in [5, 5.41) is 10.2. The lowest BCUT2D eigenvalue weighted by molar-refractivity contribution is -0.142. The summed E-state index contributed by atoms with van der Waals surface area (Å²) in [6.07, 6.45) is 0. The molecule has 0 aliphatic rings. The van der Waals surface area contributed by atoms with Crippen molar-refractivity contribution in [1.82, 2.24) is 4.31 Å². The van der Waals surface area contributed by atoms with Crippen molar-refractivity contribution in [3.05, 3.63) is 59.1 Å². The van der Waals surface area contributed by atoms with E-state index < -0.39 is 28.0 Å². The van der Waals surface area contributed by atoms with Crippen LogP contribution in [0.5, 0.6) is 5.75 Å². The van der Waals surface area contributed by atoms with Crippen molar-refractivity contribution in [2.75, 3.05) is 13.7 Å². The van der Waals surface area contributed by atoms with Gasteiger partial charge in [0, 0.05) is 10.6 Å². The van der Waals surface area contributed by atoms with Crippen LogP contribution in [0.2, 0.25) is 5.02 Å². The highest BCUT2D eigenvalue weighted by Crippen LogP contribution is 2.24. The van der Waals surface area contributed by atoms with E-state index in [9.17, 15) is 18.3 Å². The molecule has 0 saturated carbocycles. The summed E-state index contributed by atoms with van der Waals surface area (Å²) in [6.45, 7) is 3.04. The number of carboxylic acids is 1. The Morgan fingerprint density at radius 1 is 1.14 bits per heavy atom. The van der Waals surface area contributed by atoms with Gasteiger partial charge in [-0.05, 0) is 54.4 Å². The van der Waals surface area contributed by atoms with Gasteiger partial charge in [-0.2, -0.15) is 4.31 Å². The van der Waals surface area contributed by atoms with Gasteiger partial charge in [0.2, 0.25) is 10.0 Å². The number of carboxylic acid groups (broad SMARTS) is 1. The Kier molecular flexibility index (Phi) is 7.68. The van der Waals surface area contributed by atoms with Gasteiger partial charge in [-0.1, -0.05) is 37.3 Å². The lowest BCUT2D eigenvalue weighted by Crippen LogP contribution is -2.48. The van der Waals surface area contributed by atoms with Crippen LogP contribution >= 0.6 is 11.6 Å². The molecule has 0 saturated heterocycles. The van der Waals surface area contributed by atoms with Crippen molar-refractivity contribution in [2.45, 2.75) is 24.8 Å². The highest BCUT2D eigenvalue weighted by molar-refractivity contribution is 7.89. The molecule has 2 aromatic rings. The fourth-order valence-corrected chi connectivity index (χ4v) is 4.45. The second-order valence-corrected chi connectivity index (χ2v) is 8.89. The maximum Gasteiger partial charge on any atom is 0.322 e. The molecule has 0 radical (unpaired) electrons. The van der Waals surface area contributed by atoms with Crippen LogP contribution in [0.1, 0.15) is 19.4 Å². The molecule has 1 atom stereocenters. The number of benzene rings is 2. The highest BCUT2D eigenvalue weighted by atomic mass is 35.5. The Morgan fingerprint density at radius 3 is 2.21 bits per heavy atom. The van der Waals surface area contributed by atoms with Crippen LogP contribution in [0, 0.1) is 17.8 Å². The Bertz CT molecular complexity index is 1010. The van der Waals surface area contributed by atoms with Crippen molar-refractivity contribution in [1.29, 1.82) is 0 Å². The Morgan fingerprint density at radius 2 is 1.72 bits per heavy atom. The summed E-state index contributed by atoms with van der Waals surface area (Å²) < 4.78 is 32.4. The van der Waals surface area contributed by atoms with Crippen LogP contribution < -0.4 is 4.74 Å². The van der Waals surface area contributed by atoms with Gasteiger partial charge in [0.25, 0.3) is 0 Å². The quantitative estimate of drug-likeness (QED) is 0.673. The normalized spacial score (nSPS) is 12.3. The highest BCUT2D eigenvalue weighted by Gasteiger charge is 2.37. The molecule has 154 valence electrons. The van der Waals surface area contributed by atoms with Crippen LogP contribution in [-0.2, 0) is 14.8 Å². The Labute approximate surface area is 176 Å². The Hall–Kier alpha value is -2.53. The van der Waals surface area contributed by atoms with Crippen LogP contribution in [0.25, 0.3) is 0 Å². The molecule has 0 bridgehead atoms. The van der Waals surface area contributed by atoms with Gasteiger partial charge >= 0.3 is 5.97 Å². The third-order valence-corrected chi connectivity index (χ3v) is 6.27. The predicted molar refractivity (Wildman–Crippen MR) is 111 cm³/mol. The number of carbonyl (C=O) groups is 1. The smallest absolute Gasteiger partial charge is 0.322 e. The molecule has 2 aromatic carbocycles. The maximum atomic E-state index is 13.2. The number of aliphatic carboxylic acids is 1. The van der Waals surface area contributed by atoms with Crippen molar-refractivity contribution < 1.29 is 23.1 Å². The maximum absolute atomic E-state index is 13.2. The summed E-state index contributed by atoms with van der Waals surface area (Å²) in [5.41, 5.74) is 0.646. The van der Waals surface area contributed by atoms with Crippen molar-refractivity contribution in [3.63, 3.8) is 0 Å². The molecule has 0 spiro atoms. The first kappa shape index (κ1) is 22.8. The summed E-state index contributed by atoms with van der Waals surface area (Å²) >= 11 is 5.85. The third-order valence-electron chi connectivity index (χ3n) is 4.17. The van der Waals surface area contributed by atoms with Gasteiger partial charge < -0.3 is 9.84 Å². The first-order valence-electron chi connectivity index (χ1n) is 8.80. The van der Waals surface area contributed by atoms with Crippen LogP contribution in [0.4, 0.5) is 0 Å². The number of methoxy groups -OCH3 is 1. The average Bonchev–Trinajstić information content (AvgIpc) is 2.68. The van der Waals surface area contributed by atoms with Gasteiger partial charge in [-0.3, -0.25) is 4.79 Å². The lowest BCUT2D eigenvalue weighted by Gasteiger charge is -2.29. The molecule has 29 heavy (non-hydrogen) atoms. The number of hydrogen-bond acceptors (Lipinski definition) is 4. The molecule has 2 rings (SSSR count). The van der Waals surface area contributed by atoms with Crippen LogP contribution in [0.3, 0.4) is 0 Å². The molecule has 1 N–H and O–H groups in total. The summed E-state index contributed by atoms with van der Waals surface area (Å²) in [5.74, 6) is 4.43. The van der Waals surface area contributed by atoms with E-state index in [1.54, 1.807) is 38.1 Å². The SMILES string of the molecule is COc1ccc(S(=O)(=O)N(CC#Cc2ccc(Cl)cc2)C(C(=O)O)C(C)C)cc1. The molecule has 0 aliphatic heterocycles. The van der Waals surface area contributed by atoms with E-state index in [1.165, 1.54) is 31.4 Å². The molecule has 0 aromatic heterocycles.